The van der Waals surface area contributed by atoms with Gasteiger partial charge in [-0.1, -0.05) is 0 Å². The van der Waals surface area contributed by atoms with Gasteiger partial charge in [-0.25, -0.2) is 4.79 Å². The topological polar surface area (TPSA) is 70.5 Å². The van der Waals surface area contributed by atoms with Crippen LogP contribution in [-0.4, -0.2) is 56.2 Å². The molecule has 1 aromatic rings. The average molecular weight is 307 g/mol. The van der Waals surface area contributed by atoms with Gasteiger partial charge in [0.2, 0.25) is 0 Å². The van der Waals surface area contributed by atoms with E-state index in [0.717, 1.165) is 12.1 Å². The molecular weight excluding hydrogens is 282 g/mol. The highest BCUT2D eigenvalue weighted by molar-refractivity contribution is 6.06. The monoisotopic (exact) mass is 307 g/mol. The molecule has 2 heterocycles. The molecule has 1 N–H and O–H groups in total. The first-order valence-electron chi connectivity index (χ1n) is 7.56. The van der Waals surface area contributed by atoms with Crippen LogP contribution in [0.4, 0.5) is 4.79 Å². The van der Waals surface area contributed by atoms with Gasteiger partial charge in [-0.15, -0.1) is 0 Å². The molecule has 1 aromatic heterocycles. The second kappa shape index (κ2) is 6.08. The Labute approximate surface area is 131 Å². The second-order valence-corrected chi connectivity index (χ2v) is 6.60. The van der Waals surface area contributed by atoms with Crippen molar-refractivity contribution in [2.45, 2.75) is 45.8 Å². The number of aryl methyl sites for hydroxylation is 1. The van der Waals surface area contributed by atoms with Gasteiger partial charge in [0.25, 0.3) is 5.91 Å². The summed E-state index contributed by atoms with van der Waals surface area (Å²) in [6, 6.07) is 0.00839. The maximum absolute atomic E-state index is 12.2. The lowest BCUT2D eigenvalue weighted by molar-refractivity contribution is -0.130. The number of carbonyl (C=O) groups excluding carboxylic acids is 2. The molecule has 1 saturated heterocycles. The number of rotatable bonds is 6. The molecule has 0 bridgehead atoms. The lowest BCUT2D eigenvalue weighted by Crippen LogP contribution is -2.42. The van der Waals surface area contributed by atoms with Gasteiger partial charge in [0.15, 0.2) is 0 Å². The summed E-state index contributed by atoms with van der Waals surface area (Å²) in [5.41, 5.74) is 0.317. The van der Waals surface area contributed by atoms with Gasteiger partial charge < -0.3 is 5.32 Å². The SMILES string of the molecule is CC(C)N(CCN1C(=O)NC(C)(C)C1=O)Cc1cnn(C)c1. The molecule has 3 amide bonds. The van der Waals surface area contributed by atoms with Crippen LogP contribution in [0.5, 0.6) is 0 Å². The summed E-state index contributed by atoms with van der Waals surface area (Å²) in [5.74, 6) is -0.164. The van der Waals surface area contributed by atoms with Crippen LogP contribution in [0.25, 0.3) is 0 Å². The lowest BCUT2D eigenvalue weighted by Gasteiger charge is -2.27. The van der Waals surface area contributed by atoms with E-state index < -0.39 is 5.54 Å². The highest BCUT2D eigenvalue weighted by Crippen LogP contribution is 2.17. The Morgan fingerprint density at radius 2 is 2.05 bits per heavy atom. The third-order valence-corrected chi connectivity index (χ3v) is 3.93. The van der Waals surface area contributed by atoms with Gasteiger partial charge in [0.1, 0.15) is 5.54 Å². The van der Waals surface area contributed by atoms with E-state index in [9.17, 15) is 9.59 Å². The van der Waals surface area contributed by atoms with Crippen LogP contribution >= 0.6 is 0 Å². The first-order chi connectivity index (χ1) is 10.2. The summed E-state index contributed by atoms with van der Waals surface area (Å²) >= 11 is 0. The molecule has 1 fully saturated rings. The number of amides is 3. The Kier molecular flexibility index (Phi) is 4.55. The summed E-state index contributed by atoms with van der Waals surface area (Å²) in [5, 5.41) is 6.88. The van der Waals surface area contributed by atoms with Crippen molar-refractivity contribution in [1.82, 2.24) is 24.9 Å². The van der Waals surface area contributed by atoms with Crippen LogP contribution in [0.2, 0.25) is 0 Å². The highest BCUT2D eigenvalue weighted by atomic mass is 16.2. The molecular formula is C15H25N5O2. The molecule has 0 radical (unpaired) electrons. The standard InChI is InChI=1S/C15H25N5O2/c1-11(2)19(10-12-8-16-18(5)9-12)6-7-20-13(21)15(3,4)17-14(20)22/h8-9,11H,6-7,10H2,1-5H3,(H,17,22). The Morgan fingerprint density at radius 3 is 2.50 bits per heavy atom. The Balaban J connectivity index is 1.98. The molecule has 22 heavy (non-hydrogen) atoms. The fourth-order valence-electron chi connectivity index (χ4n) is 2.56. The minimum absolute atomic E-state index is 0.164. The zero-order valence-corrected chi connectivity index (χ0v) is 14.0. The van der Waals surface area contributed by atoms with Crippen LogP contribution in [0.1, 0.15) is 33.3 Å². The number of imide groups is 1. The van der Waals surface area contributed by atoms with E-state index in [2.05, 4.69) is 29.2 Å². The number of aromatic nitrogens is 2. The smallest absolute Gasteiger partial charge is 0.324 e. The van der Waals surface area contributed by atoms with Crippen molar-refractivity contribution in [2.24, 2.45) is 7.05 Å². The molecule has 0 atom stereocenters. The molecule has 0 unspecified atom stereocenters. The fourth-order valence-corrected chi connectivity index (χ4v) is 2.56. The van der Waals surface area contributed by atoms with Gasteiger partial charge in [-0.05, 0) is 27.7 Å². The molecule has 1 aliphatic rings. The highest BCUT2D eigenvalue weighted by Gasteiger charge is 2.43. The van der Waals surface area contributed by atoms with Crippen LogP contribution in [0.15, 0.2) is 12.4 Å². The Hall–Kier alpha value is -1.89. The molecule has 2 rings (SSSR count). The van der Waals surface area contributed by atoms with Crippen molar-refractivity contribution < 1.29 is 9.59 Å². The van der Waals surface area contributed by atoms with Crippen molar-refractivity contribution in [2.75, 3.05) is 13.1 Å². The van der Waals surface area contributed by atoms with Crippen LogP contribution in [0.3, 0.4) is 0 Å². The zero-order valence-electron chi connectivity index (χ0n) is 14.0. The van der Waals surface area contributed by atoms with E-state index in [1.165, 1.54) is 4.90 Å². The first kappa shape index (κ1) is 16.5. The molecule has 7 nitrogen and oxygen atoms in total. The van der Waals surface area contributed by atoms with Gasteiger partial charge in [0, 0.05) is 44.5 Å². The molecule has 122 valence electrons. The van der Waals surface area contributed by atoms with E-state index >= 15 is 0 Å². The molecule has 1 aliphatic heterocycles. The maximum Gasteiger partial charge on any atom is 0.325 e. The molecule has 7 heteroatoms. The number of hydrogen-bond donors (Lipinski definition) is 1. The van der Waals surface area contributed by atoms with E-state index in [-0.39, 0.29) is 11.9 Å². The number of urea groups is 1. The minimum atomic E-state index is -0.802. The lowest BCUT2D eigenvalue weighted by atomic mass is 10.1. The first-order valence-corrected chi connectivity index (χ1v) is 7.56. The van der Waals surface area contributed by atoms with Crippen LogP contribution in [0, 0.1) is 0 Å². The summed E-state index contributed by atoms with van der Waals surface area (Å²) in [7, 11) is 1.89. The molecule has 0 saturated carbocycles. The van der Waals surface area contributed by atoms with Crippen LogP contribution < -0.4 is 5.32 Å². The fraction of sp³-hybridized carbons (Fsp3) is 0.667. The quantitative estimate of drug-likeness (QED) is 0.795. The number of nitrogens with one attached hydrogen (secondary N) is 1. The number of carbonyl (C=O) groups is 2. The number of hydrogen-bond acceptors (Lipinski definition) is 4. The third kappa shape index (κ3) is 3.47. The number of nitrogens with zero attached hydrogens (tertiary/aromatic N) is 4. The normalized spacial score (nSPS) is 17.7. The van der Waals surface area contributed by atoms with Gasteiger partial charge in [-0.2, -0.15) is 5.10 Å². The van der Waals surface area contributed by atoms with Crippen molar-refractivity contribution in [3.8, 4) is 0 Å². The Bertz CT molecular complexity index is 564. The summed E-state index contributed by atoms with van der Waals surface area (Å²) in [6.07, 6.45) is 3.82. The summed E-state index contributed by atoms with van der Waals surface area (Å²) in [6.45, 7) is 9.44. The van der Waals surface area contributed by atoms with Crippen LogP contribution in [-0.2, 0) is 18.4 Å². The predicted octanol–water partition coefficient (Wildman–Crippen LogP) is 0.961. The predicted molar refractivity (Wildman–Crippen MR) is 83.1 cm³/mol. The summed E-state index contributed by atoms with van der Waals surface area (Å²) in [4.78, 5) is 27.6. The molecule has 0 aromatic carbocycles. The van der Waals surface area contributed by atoms with Gasteiger partial charge in [0.05, 0.1) is 6.20 Å². The molecule has 0 spiro atoms. The van der Waals surface area contributed by atoms with Gasteiger partial charge >= 0.3 is 6.03 Å². The van der Waals surface area contributed by atoms with Crippen molar-refractivity contribution >= 4 is 11.9 Å². The van der Waals surface area contributed by atoms with E-state index in [4.69, 9.17) is 0 Å². The van der Waals surface area contributed by atoms with Gasteiger partial charge in [-0.3, -0.25) is 19.3 Å². The average Bonchev–Trinajstić information content (AvgIpc) is 2.89. The summed E-state index contributed by atoms with van der Waals surface area (Å²) < 4.78 is 1.77. The second-order valence-electron chi connectivity index (χ2n) is 6.60. The van der Waals surface area contributed by atoms with Crippen molar-refractivity contribution in [3.63, 3.8) is 0 Å². The Morgan fingerprint density at radius 1 is 1.36 bits per heavy atom. The van der Waals surface area contributed by atoms with Crippen molar-refractivity contribution in [1.29, 1.82) is 0 Å². The maximum atomic E-state index is 12.2. The van der Waals surface area contributed by atoms with E-state index in [1.807, 2.05) is 19.4 Å². The largest absolute Gasteiger partial charge is 0.325 e. The molecule has 0 aliphatic carbocycles. The van der Waals surface area contributed by atoms with E-state index in [0.29, 0.717) is 19.1 Å². The minimum Gasteiger partial charge on any atom is -0.324 e. The van der Waals surface area contributed by atoms with Crippen molar-refractivity contribution in [3.05, 3.63) is 18.0 Å². The third-order valence-electron chi connectivity index (χ3n) is 3.93. The zero-order chi connectivity index (χ0) is 16.5. The van der Waals surface area contributed by atoms with E-state index in [1.54, 1.807) is 18.5 Å².